The Kier molecular flexibility index (Phi) is 7.42. The molecule has 2 aromatic heterocycles. The van der Waals surface area contributed by atoms with Gasteiger partial charge in [-0.2, -0.15) is 0 Å². The zero-order valence-corrected chi connectivity index (χ0v) is 21.4. The lowest BCUT2D eigenvalue weighted by Crippen LogP contribution is -2.42. The van der Waals surface area contributed by atoms with Crippen molar-refractivity contribution in [3.63, 3.8) is 0 Å². The fraction of sp³-hybridized carbons (Fsp3) is 0.103. The van der Waals surface area contributed by atoms with Crippen molar-refractivity contribution in [2.24, 2.45) is 0 Å². The first kappa shape index (κ1) is 25.7. The van der Waals surface area contributed by atoms with Gasteiger partial charge in [0.25, 0.3) is 11.5 Å². The molecule has 0 atom stereocenters. The third-order valence-corrected chi connectivity index (χ3v) is 6.34. The highest BCUT2D eigenvalue weighted by molar-refractivity contribution is 6.30. The number of nitrogens with one attached hydrogen (secondary N) is 2. The van der Waals surface area contributed by atoms with Crippen LogP contribution >= 0.6 is 11.6 Å². The zero-order chi connectivity index (χ0) is 27.4. The number of aromatic nitrogens is 2. The minimum Gasteiger partial charge on any atom is -0.467 e. The number of para-hydroxylation sites is 1. The van der Waals surface area contributed by atoms with Crippen LogP contribution in [0, 0.1) is 0 Å². The van der Waals surface area contributed by atoms with Crippen LogP contribution in [0.5, 0.6) is 0 Å². The van der Waals surface area contributed by atoms with Gasteiger partial charge in [0.15, 0.2) is 0 Å². The van der Waals surface area contributed by atoms with E-state index in [2.05, 4.69) is 10.6 Å². The number of fused-ring (bicyclic) bond motifs is 1. The standard InChI is InChI=1S/C29H23ClN4O5/c30-21-5-3-6-22(15-21)32-26(35)18-33-25-9-2-1-8-24(25)28(37)34(29(33)38)17-19-10-12-20(13-11-19)27(36)31-16-23-7-4-14-39-23/h1-15H,16-18H2,(H,31,36)(H,32,35). The molecule has 0 spiro atoms. The molecular weight excluding hydrogens is 520 g/mol. The minimum absolute atomic E-state index is 0.0350. The molecule has 0 radical (unpaired) electrons. The van der Waals surface area contributed by atoms with Crippen molar-refractivity contribution in [1.82, 2.24) is 14.5 Å². The van der Waals surface area contributed by atoms with E-state index < -0.39 is 17.2 Å². The molecule has 0 aliphatic carbocycles. The highest BCUT2D eigenvalue weighted by Gasteiger charge is 2.16. The van der Waals surface area contributed by atoms with Crippen molar-refractivity contribution < 1.29 is 14.0 Å². The molecule has 0 saturated heterocycles. The molecule has 39 heavy (non-hydrogen) atoms. The molecule has 0 aliphatic heterocycles. The van der Waals surface area contributed by atoms with Crippen molar-refractivity contribution >= 4 is 40.0 Å². The van der Waals surface area contributed by atoms with Gasteiger partial charge in [-0.25, -0.2) is 4.79 Å². The Morgan fingerprint density at radius 2 is 1.67 bits per heavy atom. The number of rotatable bonds is 8. The summed E-state index contributed by atoms with van der Waals surface area (Å²) in [5.74, 6) is -0.0956. The summed E-state index contributed by atoms with van der Waals surface area (Å²) in [4.78, 5) is 52.0. The molecule has 5 rings (SSSR count). The van der Waals surface area contributed by atoms with Crippen LogP contribution in [0.3, 0.4) is 0 Å². The molecule has 3 aromatic carbocycles. The number of carbonyl (C=O) groups is 2. The van der Waals surface area contributed by atoms with E-state index in [9.17, 15) is 19.2 Å². The molecule has 0 aliphatic rings. The predicted octanol–water partition coefficient (Wildman–Crippen LogP) is 4.03. The number of furan rings is 1. The molecule has 2 N–H and O–H groups in total. The number of hydrogen-bond acceptors (Lipinski definition) is 5. The molecule has 0 unspecified atom stereocenters. The number of halogens is 1. The molecule has 2 heterocycles. The quantitative estimate of drug-likeness (QED) is 0.307. The van der Waals surface area contributed by atoms with Gasteiger partial charge in [-0.05, 0) is 60.2 Å². The number of nitrogens with zero attached hydrogens (tertiary/aromatic N) is 2. The van der Waals surface area contributed by atoms with E-state index >= 15 is 0 Å². The van der Waals surface area contributed by atoms with Gasteiger partial charge in [-0.15, -0.1) is 0 Å². The summed E-state index contributed by atoms with van der Waals surface area (Å²) < 4.78 is 7.57. The van der Waals surface area contributed by atoms with Gasteiger partial charge in [0.1, 0.15) is 12.3 Å². The summed E-state index contributed by atoms with van der Waals surface area (Å²) >= 11 is 6.00. The van der Waals surface area contributed by atoms with Crippen LogP contribution in [-0.4, -0.2) is 20.9 Å². The average Bonchev–Trinajstić information content (AvgIpc) is 3.46. The van der Waals surface area contributed by atoms with E-state index in [0.29, 0.717) is 38.5 Å². The summed E-state index contributed by atoms with van der Waals surface area (Å²) in [7, 11) is 0. The molecular formula is C29H23ClN4O5. The Balaban J connectivity index is 1.39. The Morgan fingerprint density at radius 3 is 2.41 bits per heavy atom. The van der Waals surface area contributed by atoms with Crippen molar-refractivity contribution in [1.29, 1.82) is 0 Å². The normalized spacial score (nSPS) is 10.9. The highest BCUT2D eigenvalue weighted by Crippen LogP contribution is 2.15. The number of anilines is 1. The summed E-state index contributed by atoms with van der Waals surface area (Å²) in [6, 6.07) is 23.4. The van der Waals surface area contributed by atoms with E-state index in [1.54, 1.807) is 84.9 Å². The monoisotopic (exact) mass is 542 g/mol. The molecule has 9 nitrogen and oxygen atoms in total. The molecule has 2 amide bonds. The first-order chi connectivity index (χ1) is 18.9. The lowest BCUT2D eigenvalue weighted by Gasteiger charge is -2.14. The molecule has 0 bridgehead atoms. The molecule has 196 valence electrons. The van der Waals surface area contributed by atoms with Gasteiger partial charge in [0.05, 0.1) is 30.3 Å². The van der Waals surface area contributed by atoms with Crippen LogP contribution in [0.2, 0.25) is 5.02 Å². The smallest absolute Gasteiger partial charge is 0.332 e. The summed E-state index contributed by atoms with van der Waals surface area (Å²) in [6.07, 6.45) is 1.53. The van der Waals surface area contributed by atoms with Crippen LogP contribution in [0.15, 0.2) is 105 Å². The fourth-order valence-electron chi connectivity index (χ4n) is 4.20. The lowest BCUT2D eigenvalue weighted by molar-refractivity contribution is -0.116. The Morgan fingerprint density at radius 1 is 0.872 bits per heavy atom. The van der Waals surface area contributed by atoms with Crippen LogP contribution in [-0.2, 0) is 24.4 Å². The number of carbonyl (C=O) groups excluding carboxylic acids is 2. The second kappa shape index (κ2) is 11.2. The third-order valence-electron chi connectivity index (χ3n) is 6.10. The number of benzene rings is 3. The van der Waals surface area contributed by atoms with Crippen molar-refractivity contribution in [2.45, 2.75) is 19.6 Å². The first-order valence-corrected chi connectivity index (χ1v) is 12.4. The van der Waals surface area contributed by atoms with E-state index in [0.717, 1.165) is 4.57 Å². The first-order valence-electron chi connectivity index (χ1n) is 12.1. The summed E-state index contributed by atoms with van der Waals surface area (Å²) in [5, 5.41) is 6.27. The van der Waals surface area contributed by atoms with Crippen LogP contribution in [0.4, 0.5) is 5.69 Å². The van der Waals surface area contributed by atoms with Crippen LogP contribution in [0.25, 0.3) is 10.9 Å². The van der Waals surface area contributed by atoms with E-state index in [1.807, 2.05) is 0 Å². The second-order valence-electron chi connectivity index (χ2n) is 8.79. The fourth-order valence-corrected chi connectivity index (χ4v) is 4.39. The largest absolute Gasteiger partial charge is 0.467 e. The van der Waals surface area contributed by atoms with E-state index in [4.69, 9.17) is 16.0 Å². The Bertz CT molecular complexity index is 1770. The van der Waals surface area contributed by atoms with Crippen molar-refractivity contribution in [2.75, 3.05) is 5.32 Å². The topological polar surface area (TPSA) is 115 Å². The van der Waals surface area contributed by atoms with Crippen LogP contribution in [0.1, 0.15) is 21.7 Å². The maximum atomic E-state index is 13.5. The zero-order valence-electron chi connectivity index (χ0n) is 20.6. The molecule has 5 aromatic rings. The summed E-state index contributed by atoms with van der Waals surface area (Å²) in [6.45, 7) is -0.0852. The van der Waals surface area contributed by atoms with Crippen molar-refractivity contribution in [3.05, 3.63) is 134 Å². The maximum Gasteiger partial charge on any atom is 0.332 e. The van der Waals surface area contributed by atoms with E-state index in [-0.39, 0.29) is 25.5 Å². The number of hydrogen-bond donors (Lipinski definition) is 2. The Hall–Kier alpha value is -4.89. The molecule has 0 fully saturated rings. The van der Waals surface area contributed by atoms with Gasteiger partial charge in [-0.3, -0.25) is 23.5 Å². The SMILES string of the molecule is O=C(Cn1c(=O)n(Cc2ccc(C(=O)NCc3ccco3)cc2)c(=O)c2ccccc21)Nc1cccc(Cl)c1. The van der Waals surface area contributed by atoms with Crippen LogP contribution < -0.4 is 21.9 Å². The third kappa shape index (κ3) is 5.83. The summed E-state index contributed by atoms with van der Waals surface area (Å²) in [5.41, 5.74) is 0.816. The van der Waals surface area contributed by atoms with Gasteiger partial charge >= 0.3 is 5.69 Å². The number of amides is 2. The second-order valence-corrected chi connectivity index (χ2v) is 9.23. The lowest BCUT2D eigenvalue weighted by atomic mass is 10.1. The van der Waals surface area contributed by atoms with Gasteiger partial charge in [-0.1, -0.05) is 41.9 Å². The maximum absolute atomic E-state index is 13.5. The van der Waals surface area contributed by atoms with Gasteiger partial charge < -0.3 is 15.1 Å². The predicted molar refractivity (Wildman–Crippen MR) is 148 cm³/mol. The Labute approximate surface area is 227 Å². The molecule has 10 heteroatoms. The average molecular weight is 543 g/mol. The van der Waals surface area contributed by atoms with E-state index in [1.165, 1.54) is 10.8 Å². The van der Waals surface area contributed by atoms with Gasteiger partial charge in [0, 0.05) is 16.3 Å². The highest BCUT2D eigenvalue weighted by atomic mass is 35.5. The van der Waals surface area contributed by atoms with Gasteiger partial charge in [0.2, 0.25) is 5.91 Å². The van der Waals surface area contributed by atoms with Crippen molar-refractivity contribution in [3.8, 4) is 0 Å². The minimum atomic E-state index is -0.625. The molecule has 0 saturated carbocycles.